The molecule has 1 saturated heterocycles. The molecule has 6 N–H and O–H groups in total. The highest BCUT2D eigenvalue weighted by Crippen LogP contribution is 2.50. The second kappa shape index (κ2) is 12.0. The molecular formula is C28H42N4O4S. The quantitative estimate of drug-likeness (QED) is 0.237. The minimum absolute atomic E-state index is 0.120. The molecule has 1 saturated carbocycles. The smallest absolute Gasteiger partial charge is 0.251 e. The molecule has 2 aromatic carbocycles. The first-order valence-electron chi connectivity index (χ1n) is 13.5. The Balaban J connectivity index is 1.56. The number of aliphatic hydroxyl groups is 1. The topological polar surface area (TPSA) is 117 Å². The summed E-state index contributed by atoms with van der Waals surface area (Å²) in [5.74, 6) is 0.0310. The van der Waals surface area contributed by atoms with Crippen LogP contribution in [0.2, 0.25) is 0 Å². The molecule has 2 aromatic rings. The number of aliphatic hydroxyl groups excluding tert-OH is 1. The van der Waals surface area contributed by atoms with E-state index < -0.39 is 22.9 Å². The van der Waals surface area contributed by atoms with Crippen molar-refractivity contribution in [2.45, 2.75) is 70.1 Å². The lowest BCUT2D eigenvalue weighted by atomic mass is 9.99. The van der Waals surface area contributed by atoms with E-state index in [1.807, 2.05) is 43.3 Å². The Morgan fingerprint density at radius 2 is 1.86 bits per heavy atom. The van der Waals surface area contributed by atoms with Crippen LogP contribution in [-0.2, 0) is 6.42 Å². The molecule has 37 heavy (non-hydrogen) atoms. The van der Waals surface area contributed by atoms with Crippen molar-refractivity contribution >= 4 is 28.1 Å². The number of hydrogen-bond donors (Lipinski definition) is 6. The van der Waals surface area contributed by atoms with Crippen molar-refractivity contribution in [1.82, 2.24) is 10.6 Å². The highest BCUT2D eigenvalue weighted by Gasteiger charge is 2.40. The first-order chi connectivity index (χ1) is 17.7. The molecule has 0 aromatic heterocycles. The van der Waals surface area contributed by atoms with E-state index in [1.165, 1.54) is 0 Å². The molecule has 1 aliphatic carbocycles. The van der Waals surface area contributed by atoms with E-state index in [2.05, 4.69) is 22.9 Å². The van der Waals surface area contributed by atoms with Crippen LogP contribution in [0.1, 0.15) is 61.9 Å². The second-order valence-corrected chi connectivity index (χ2v) is 12.4. The SMILES string of the molecule is CCNc1cc(C(=O)N[C@@H](Cc2ccccc2)[C@H](O)CNC2(CC)CC2)cc(N2CCCCS2(O)O)c1. The molecule has 0 radical (unpaired) electrons. The number of rotatable bonds is 12. The molecule has 0 spiro atoms. The summed E-state index contributed by atoms with van der Waals surface area (Å²) < 4.78 is 23.0. The highest BCUT2D eigenvalue weighted by molar-refractivity contribution is 8.25. The fourth-order valence-electron chi connectivity index (χ4n) is 4.97. The van der Waals surface area contributed by atoms with E-state index in [0.29, 0.717) is 43.1 Å². The molecule has 0 unspecified atom stereocenters. The number of hydrogen-bond acceptors (Lipinski definition) is 7. The summed E-state index contributed by atoms with van der Waals surface area (Å²) in [6.45, 7) is 5.73. The molecule has 4 rings (SSSR count). The monoisotopic (exact) mass is 530 g/mol. The van der Waals surface area contributed by atoms with Crippen molar-refractivity contribution in [1.29, 1.82) is 0 Å². The summed E-state index contributed by atoms with van der Waals surface area (Å²) >= 11 is 0. The molecule has 204 valence electrons. The van der Waals surface area contributed by atoms with Crippen LogP contribution >= 0.6 is 10.8 Å². The van der Waals surface area contributed by atoms with Crippen LogP contribution in [0.3, 0.4) is 0 Å². The molecule has 1 amide bonds. The molecule has 0 bridgehead atoms. The zero-order valence-electron chi connectivity index (χ0n) is 21.9. The number of amides is 1. The maximum Gasteiger partial charge on any atom is 0.251 e. The fraction of sp³-hybridized carbons (Fsp3) is 0.536. The lowest BCUT2D eigenvalue weighted by Gasteiger charge is -2.47. The third-order valence-corrected chi connectivity index (χ3v) is 9.46. The predicted molar refractivity (Wildman–Crippen MR) is 153 cm³/mol. The number of anilines is 2. The molecule has 1 aliphatic heterocycles. The van der Waals surface area contributed by atoms with Crippen molar-refractivity contribution in [3.8, 4) is 0 Å². The van der Waals surface area contributed by atoms with Crippen molar-refractivity contribution in [2.75, 3.05) is 35.0 Å². The highest BCUT2D eigenvalue weighted by atomic mass is 32.3. The normalized spacial score (nSPS) is 20.5. The van der Waals surface area contributed by atoms with Crippen LogP contribution in [-0.4, -0.2) is 63.2 Å². The van der Waals surface area contributed by atoms with Crippen LogP contribution in [0.4, 0.5) is 11.4 Å². The molecule has 9 heteroatoms. The molecule has 2 fully saturated rings. The summed E-state index contributed by atoms with van der Waals surface area (Å²) in [5.41, 5.74) is 2.93. The maximum atomic E-state index is 13.6. The molecule has 1 heterocycles. The number of β-amino-alcohol motifs (C(OH)–C–C–N with tert-alkyl or cyclic N) is 1. The van der Waals surface area contributed by atoms with Crippen molar-refractivity contribution < 1.29 is 19.0 Å². The zero-order valence-corrected chi connectivity index (χ0v) is 22.8. The Morgan fingerprint density at radius 1 is 1.11 bits per heavy atom. The Morgan fingerprint density at radius 3 is 2.51 bits per heavy atom. The van der Waals surface area contributed by atoms with Crippen LogP contribution in [0, 0.1) is 0 Å². The largest absolute Gasteiger partial charge is 0.390 e. The van der Waals surface area contributed by atoms with Gasteiger partial charge >= 0.3 is 0 Å². The fourth-order valence-corrected chi connectivity index (χ4v) is 6.65. The van der Waals surface area contributed by atoms with Gasteiger partial charge in [-0.2, -0.15) is 0 Å². The summed E-state index contributed by atoms with van der Waals surface area (Å²) in [4.78, 5) is 13.6. The average Bonchev–Trinajstić information content (AvgIpc) is 3.67. The van der Waals surface area contributed by atoms with Gasteiger partial charge in [-0.1, -0.05) is 37.3 Å². The van der Waals surface area contributed by atoms with E-state index in [4.69, 9.17) is 0 Å². The number of carbonyl (C=O) groups is 1. The van der Waals surface area contributed by atoms with Crippen molar-refractivity contribution in [2.24, 2.45) is 0 Å². The molecule has 2 atom stereocenters. The van der Waals surface area contributed by atoms with Gasteiger partial charge in [-0.25, -0.2) is 0 Å². The lowest BCUT2D eigenvalue weighted by molar-refractivity contribution is 0.0822. The number of carbonyl (C=O) groups excluding carboxylic acids is 1. The number of benzene rings is 2. The minimum atomic E-state index is -2.92. The van der Waals surface area contributed by atoms with E-state index in [0.717, 1.165) is 43.4 Å². The Kier molecular flexibility index (Phi) is 9.03. The van der Waals surface area contributed by atoms with Gasteiger partial charge in [0.15, 0.2) is 0 Å². The van der Waals surface area contributed by atoms with E-state index in [1.54, 1.807) is 16.4 Å². The van der Waals surface area contributed by atoms with Gasteiger partial charge in [0.1, 0.15) is 0 Å². The van der Waals surface area contributed by atoms with Crippen LogP contribution in [0.5, 0.6) is 0 Å². The van der Waals surface area contributed by atoms with Gasteiger partial charge in [0, 0.05) is 36.4 Å². The summed E-state index contributed by atoms with van der Waals surface area (Å²) in [6, 6.07) is 14.7. The average molecular weight is 531 g/mol. The van der Waals surface area contributed by atoms with Gasteiger partial charge in [-0.15, -0.1) is 10.8 Å². The zero-order chi connectivity index (χ0) is 26.5. The van der Waals surface area contributed by atoms with Gasteiger partial charge in [0.2, 0.25) is 0 Å². The summed E-state index contributed by atoms with van der Waals surface area (Å²) in [7, 11) is -2.92. The Bertz CT molecular complexity index is 1050. The van der Waals surface area contributed by atoms with Crippen molar-refractivity contribution in [3.05, 3.63) is 59.7 Å². The van der Waals surface area contributed by atoms with E-state index in [9.17, 15) is 19.0 Å². The number of nitrogens with zero attached hydrogens (tertiary/aromatic N) is 1. The van der Waals surface area contributed by atoms with Crippen molar-refractivity contribution in [3.63, 3.8) is 0 Å². The van der Waals surface area contributed by atoms with Crippen LogP contribution in [0.15, 0.2) is 48.5 Å². The van der Waals surface area contributed by atoms with Gasteiger partial charge in [-0.3, -0.25) is 18.2 Å². The molecular weight excluding hydrogens is 488 g/mol. The Labute approximate surface area is 222 Å². The third-order valence-electron chi connectivity index (χ3n) is 7.53. The minimum Gasteiger partial charge on any atom is -0.390 e. The standard InChI is InChI=1S/C28H42N4O4S/c1-3-28(12-13-28)30-20-26(33)25(16-21-10-6-5-7-11-21)31-27(34)22-17-23(29-4-2)19-24(18-22)32-14-8-9-15-37(32,35)36/h5-7,10-11,17-19,25-26,29-30,33,35-36H,3-4,8-9,12-16,20H2,1-2H3,(H,31,34)/t25-,26+/m0/s1. The second-order valence-electron chi connectivity index (χ2n) is 10.3. The molecule has 8 nitrogen and oxygen atoms in total. The summed E-state index contributed by atoms with van der Waals surface area (Å²) in [6.07, 6.45) is 4.61. The van der Waals surface area contributed by atoms with Gasteiger partial charge < -0.3 is 21.1 Å². The van der Waals surface area contributed by atoms with Crippen LogP contribution in [0.25, 0.3) is 0 Å². The first kappa shape index (κ1) is 27.7. The molecule has 2 aliphatic rings. The predicted octanol–water partition coefficient (Wildman–Crippen LogP) is 4.62. The van der Waals surface area contributed by atoms with Gasteiger partial charge in [0.25, 0.3) is 5.91 Å². The number of nitrogens with one attached hydrogen (secondary N) is 3. The first-order valence-corrected chi connectivity index (χ1v) is 15.1. The maximum absolute atomic E-state index is 13.6. The third kappa shape index (κ3) is 7.18. The van der Waals surface area contributed by atoms with Crippen LogP contribution < -0.4 is 20.3 Å². The lowest BCUT2D eigenvalue weighted by Crippen LogP contribution is -2.50. The summed E-state index contributed by atoms with van der Waals surface area (Å²) in [5, 5.41) is 21.0. The van der Waals surface area contributed by atoms with E-state index >= 15 is 0 Å². The van der Waals surface area contributed by atoms with Gasteiger partial charge in [0.05, 0.1) is 23.6 Å². The Hall–Kier alpha value is -2.30. The van der Waals surface area contributed by atoms with E-state index in [-0.39, 0.29) is 11.4 Å². The van der Waals surface area contributed by atoms with Gasteiger partial charge in [-0.05, 0) is 69.2 Å².